The summed E-state index contributed by atoms with van der Waals surface area (Å²) in [4.78, 5) is 81.0. The van der Waals surface area contributed by atoms with Gasteiger partial charge in [0.2, 0.25) is 0 Å². The molecule has 3 radical (unpaired) electrons. The Bertz CT molecular complexity index is 431. The molecule has 19 nitrogen and oxygen atoms in total. The fraction of sp³-hybridized carbons (Fsp3) is 0.500. The van der Waals surface area contributed by atoms with E-state index in [4.69, 9.17) is 89.1 Å². The third-order valence-corrected chi connectivity index (χ3v) is 0. The quantitative estimate of drug-likeness (QED) is 0.148. The maximum atomic E-state index is 9.00. The molecular formula is C18H38Mn3O19. The summed E-state index contributed by atoms with van der Waals surface area (Å²) >= 11 is 0. The predicted molar refractivity (Wildman–Crippen MR) is 123 cm³/mol. The van der Waals surface area contributed by atoms with E-state index >= 15 is 0 Å². The van der Waals surface area contributed by atoms with Crippen molar-refractivity contribution in [2.45, 2.75) is 62.3 Å². The van der Waals surface area contributed by atoms with Gasteiger partial charge >= 0.3 is 0 Å². The van der Waals surface area contributed by atoms with Gasteiger partial charge in [0, 0.05) is 114 Å². The molecule has 0 aromatic carbocycles. The zero-order chi connectivity index (χ0) is 32.2. The molecular weight excluding hydrogens is 685 g/mol. The second kappa shape index (κ2) is 76.5. The first-order chi connectivity index (χ1) is 15.6. The molecule has 22 heteroatoms. The van der Waals surface area contributed by atoms with Crippen LogP contribution < -0.4 is 0 Å². The van der Waals surface area contributed by atoms with E-state index in [1.807, 2.05) is 0 Å². The molecule has 0 unspecified atom stereocenters. The van der Waals surface area contributed by atoms with Crippen LogP contribution in [0.4, 0.5) is 0 Å². The fourth-order valence-electron chi connectivity index (χ4n) is 0. The Morgan fingerprint density at radius 1 is 0.250 bits per heavy atom. The van der Waals surface area contributed by atoms with Gasteiger partial charge in [0.15, 0.2) is 0 Å². The topological polar surface area (TPSA) is 367 Å². The normalized spacial score (nSPS) is 5.62. The third kappa shape index (κ3) is 3740. The SMILES string of the molecule is CC(=O)O.CC(=O)O.CC(=O)O.CC(=O)O.CC(=O)O.CC(=O)O.CC(=O)O.CC(=O)O.CC(=O)O.O.[Mn].[Mn].[Mn]. The van der Waals surface area contributed by atoms with Crippen LogP contribution in [0, 0.1) is 0 Å². The van der Waals surface area contributed by atoms with Gasteiger partial charge in [-0.05, 0) is 0 Å². The van der Waals surface area contributed by atoms with Crippen LogP contribution in [0.25, 0.3) is 0 Å². The van der Waals surface area contributed by atoms with Gasteiger partial charge in [0.1, 0.15) is 0 Å². The molecule has 245 valence electrons. The molecule has 0 saturated heterocycles. The molecule has 0 saturated carbocycles. The van der Waals surface area contributed by atoms with Gasteiger partial charge in [-0.3, -0.25) is 43.2 Å². The van der Waals surface area contributed by atoms with Gasteiger partial charge in [-0.2, -0.15) is 0 Å². The van der Waals surface area contributed by atoms with Crippen molar-refractivity contribution in [2.24, 2.45) is 0 Å². The molecule has 0 aromatic heterocycles. The van der Waals surface area contributed by atoms with Crippen molar-refractivity contribution in [3.05, 3.63) is 0 Å². The minimum Gasteiger partial charge on any atom is -0.481 e. The van der Waals surface area contributed by atoms with E-state index in [0.29, 0.717) is 0 Å². The molecule has 0 rings (SSSR count). The zero-order valence-corrected chi connectivity index (χ0v) is 26.4. The van der Waals surface area contributed by atoms with Crippen molar-refractivity contribution in [3.63, 3.8) is 0 Å². The minimum absolute atomic E-state index is 0. The standard InChI is InChI=1S/9C2H4O2.3Mn.H2O/c9*1-2(3)4;;;;/h9*1H3,(H,3,4);;;;1H2. The summed E-state index contributed by atoms with van der Waals surface area (Å²) in [5, 5.41) is 66.7. The van der Waals surface area contributed by atoms with Crippen molar-refractivity contribution in [1.29, 1.82) is 0 Å². The Labute approximate surface area is 261 Å². The van der Waals surface area contributed by atoms with Crippen LogP contribution in [-0.2, 0) is 94.4 Å². The molecule has 0 bridgehead atoms. The molecule has 0 amide bonds. The number of hydrogen-bond donors (Lipinski definition) is 9. The van der Waals surface area contributed by atoms with Gasteiger partial charge < -0.3 is 51.4 Å². The molecule has 0 aliphatic rings. The van der Waals surface area contributed by atoms with Crippen LogP contribution in [-0.4, -0.2) is 105 Å². The fourth-order valence-corrected chi connectivity index (χ4v) is 0. The van der Waals surface area contributed by atoms with Crippen LogP contribution in [0.2, 0.25) is 0 Å². The predicted octanol–water partition coefficient (Wildman–Crippen LogP) is -0.0141. The number of hydrogen-bond acceptors (Lipinski definition) is 9. The van der Waals surface area contributed by atoms with Gasteiger partial charge in [-0.15, -0.1) is 0 Å². The van der Waals surface area contributed by atoms with Crippen molar-refractivity contribution in [2.75, 3.05) is 0 Å². The zero-order valence-electron chi connectivity index (χ0n) is 22.8. The van der Waals surface area contributed by atoms with Crippen molar-refractivity contribution >= 4 is 53.7 Å². The molecule has 11 N–H and O–H groups in total. The largest absolute Gasteiger partial charge is 0.481 e. The van der Waals surface area contributed by atoms with Crippen LogP contribution in [0.5, 0.6) is 0 Å². The van der Waals surface area contributed by atoms with E-state index < -0.39 is 53.7 Å². The van der Waals surface area contributed by atoms with Crippen LogP contribution in [0.1, 0.15) is 62.3 Å². The van der Waals surface area contributed by atoms with Crippen molar-refractivity contribution < 1.29 is 146 Å². The Morgan fingerprint density at radius 3 is 0.250 bits per heavy atom. The van der Waals surface area contributed by atoms with E-state index in [-0.39, 0.29) is 56.7 Å². The summed E-state index contributed by atoms with van der Waals surface area (Å²) in [5.74, 6) is -7.50. The third-order valence-electron chi connectivity index (χ3n) is 0. The van der Waals surface area contributed by atoms with Crippen LogP contribution in [0.15, 0.2) is 0 Å². The Morgan fingerprint density at radius 2 is 0.250 bits per heavy atom. The first kappa shape index (κ1) is 83.3. The van der Waals surface area contributed by atoms with E-state index in [1.54, 1.807) is 0 Å². The molecule has 0 aliphatic heterocycles. The van der Waals surface area contributed by atoms with E-state index in [9.17, 15) is 0 Å². The summed E-state index contributed by atoms with van der Waals surface area (Å²) in [7, 11) is 0. The minimum atomic E-state index is -0.833. The number of carboxylic acids is 9. The van der Waals surface area contributed by atoms with E-state index in [2.05, 4.69) is 0 Å². The smallest absolute Gasteiger partial charge is 0.300 e. The Balaban J connectivity index is -0.0000000184. The van der Waals surface area contributed by atoms with Crippen LogP contribution in [0.3, 0.4) is 0 Å². The first-order valence-electron chi connectivity index (χ1n) is 8.35. The summed E-state index contributed by atoms with van der Waals surface area (Å²) in [5.41, 5.74) is 0. The average Bonchev–Trinajstić information content (AvgIpc) is 2.39. The summed E-state index contributed by atoms with van der Waals surface area (Å²) in [6.07, 6.45) is 0. The average molecular weight is 723 g/mol. The summed E-state index contributed by atoms with van der Waals surface area (Å²) in [6, 6.07) is 0. The van der Waals surface area contributed by atoms with E-state index in [1.165, 1.54) is 0 Å². The monoisotopic (exact) mass is 723 g/mol. The number of carboxylic acid groups (broad SMARTS) is 9. The van der Waals surface area contributed by atoms with E-state index in [0.717, 1.165) is 62.3 Å². The molecule has 0 aromatic rings. The van der Waals surface area contributed by atoms with Crippen molar-refractivity contribution in [1.82, 2.24) is 0 Å². The number of carbonyl (C=O) groups is 9. The first-order valence-corrected chi connectivity index (χ1v) is 8.35. The second-order valence-electron chi connectivity index (χ2n) is 4.67. The maximum absolute atomic E-state index is 9.00. The molecule has 0 heterocycles. The molecule has 0 fully saturated rings. The molecule has 0 atom stereocenters. The van der Waals surface area contributed by atoms with Gasteiger partial charge in [-0.25, -0.2) is 0 Å². The van der Waals surface area contributed by atoms with Crippen LogP contribution >= 0.6 is 0 Å². The maximum Gasteiger partial charge on any atom is 0.300 e. The van der Waals surface area contributed by atoms with Gasteiger partial charge in [0.05, 0.1) is 0 Å². The Kier molecular flexibility index (Phi) is 159. The van der Waals surface area contributed by atoms with Gasteiger partial charge in [0.25, 0.3) is 53.7 Å². The number of rotatable bonds is 0. The summed E-state index contributed by atoms with van der Waals surface area (Å²) in [6.45, 7) is 9.75. The number of aliphatic carboxylic acids is 9. The van der Waals surface area contributed by atoms with Crippen molar-refractivity contribution in [3.8, 4) is 0 Å². The molecule has 40 heavy (non-hydrogen) atoms. The molecule has 0 aliphatic carbocycles. The Hall–Kier alpha value is -3.25. The second-order valence-corrected chi connectivity index (χ2v) is 4.67. The summed E-state index contributed by atoms with van der Waals surface area (Å²) < 4.78 is 0. The molecule has 0 spiro atoms. The van der Waals surface area contributed by atoms with Gasteiger partial charge in [-0.1, -0.05) is 0 Å².